The fourth-order valence-electron chi connectivity index (χ4n) is 4.59. The minimum atomic E-state index is -0.478. The summed E-state index contributed by atoms with van der Waals surface area (Å²) >= 11 is 0. The van der Waals surface area contributed by atoms with Gasteiger partial charge in [0.25, 0.3) is 0 Å². The van der Waals surface area contributed by atoms with Gasteiger partial charge in [-0.1, -0.05) is 19.3 Å². The van der Waals surface area contributed by atoms with Crippen LogP contribution in [0.5, 0.6) is 0 Å². The molecule has 1 saturated carbocycles. The Kier molecular flexibility index (Phi) is 5.38. The van der Waals surface area contributed by atoms with Crippen molar-refractivity contribution < 1.29 is 5.11 Å². The summed E-state index contributed by atoms with van der Waals surface area (Å²) in [6.45, 7) is 10.5. The smallest absolute Gasteiger partial charge is 0.159 e. The van der Waals surface area contributed by atoms with E-state index in [1.54, 1.807) is 0 Å². The van der Waals surface area contributed by atoms with Crippen molar-refractivity contribution in [1.29, 1.82) is 0 Å². The lowest BCUT2D eigenvalue weighted by Crippen LogP contribution is -2.52. The second kappa shape index (κ2) is 7.79. The Labute approximate surface area is 167 Å². The van der Waals surface area contributed by atoms with Gasteiger partial charge in [0.1, 0.15) is 11.6 Å². The molecule has 2 fully saturated rings. The number of aromatic nitrogens is 4. The molecule has 0 spiro atoms. The zero-order valence-electron chi connectivity index (χ0n) is 17.4. The lowest BCUT2D eigenvalue weighted by Gasteiger charge is -2.41. The van der Waals surface area contributed by atoms with Crippen LogP contribution in [0, 0.1) is 20.8 Å². The number of hydrogen-bond donors (Lipinski definition) is 1. The number of rotatable bonds is 4. The van der Waals surface area contributed by atoms with Crippen LogP contribution in [0.2, 0.25) is 0 Å². The van der Waals surface area contributed by atoms with Crippen molar-refractivity contribution in [1.82, 2.24) is 24.6 Å². The summed E-state index contributed by atoms with van der Waals surface area (Å²) in [4.78, 5) is 14.0. The van der Waals surface area contributed by atoms with Gasteiger partial charge in [-0.25, -0.2) is 14.6 Å². The average molecular weight is 385 g/mol. The first-order valence-electron chi connectivity index (χ1n) is 10.5. The Balaban J connectivity index is 1.44. The molecule has 1 aliphatic heterocycles. The lowest BCUT2D eigenvalue weighted by molar-refractivity contribution is -0.0271. The van der Waals surface area contributed by atoms with E-state index in [-0.39, 0.29) is 0 Å². The molecule has 0 aromatic carbocycles. The van der Waals surface area contributed by atoms with Crippen LogP contribution >= 0.6 is 0 Å². The van der Waals surface area contributed by atoms with Crippen molar-refractivity contribution in [3.63, 3.8) is 0 Å². The first kappa shape index (κ1) is 19.3. The maximum Gasteiger partial charge on any atom is 0.159 e. The van der Waals surface area contributed by atoms with E-state index in [0.717, 1.165) is 87.3 Å². The van der Waals surface area contributed by atoms with Crippen LogP contribution in [-0.4, -0.2) is 68.1 Å². The number of anilines is 1. The summed E-state index contributed by atoms with van der Waals surface area (Å²) in [7, 11) is 0. The molecule has 7 nitrogen and oxygen atoms in total. The van der Waals surface area contributed by atoms with Gasteiger partial charge in [-0.3, -0.25) is 4.90 Å². The molecular weight excluding hydrogens is 352 g/mol. The van der Waals surface area contributed by atoms with Crippen molar-refractivity contribution in [2.24, 2.45) is 0 Å². The maximum absolute atomic E-state index is 10.8. The molecule has 28 heavy (non-hydrogen) atoms. The first-order chi connectivity index (χ1) is 13.4. The van der Waals surface area contributed by atoms with E-state index in [2.05, 4.69) is 30.9 Å². The third-order valence-corrected chi connectivity index (χ3v) is 6.04. The first-order valence-corrected chi connectivity index (χ1v) is 10.5. The minimum Gasteiger partial charge on any atom is -0.389 e. The van der Waals surface area contributed by atoms with Crippen LogP contribution in [0.15, 0.2) is 12.1 Å². The third kappa shape index (κ3) is 4.20. The third-order valence-electron chi connectivity index (χ3n) is 6.04. The average Bonchev–Trinajstić information content (AvgIpc) is 3.00. The van der Waals surface area contributed by atoms with Crippen LogP contribution in [0.4, 0.5) is 5.82 Å². The van der Waals surface area contributed by atoms with E-state index < -0.39 is 5.60 Å². The highest BCUT2D eigenvalue weighted by Crippen LogP contribution is 2.29. The summed E-state index contributed by atoms with van der Waals surface area (Å²) in [6.07, 6.45) is 5.48. The highest BCUT2D eigenvalue weighted by atomic mass is 16.3. The van der Waals surface area contributed by atoms with Crippen molar-refractivity contribution in [3.05, 3.63) is 29.3 Å². The van der Waals surface area contributed by atoms with Crippen LogP contribution in [0.1, 0.15) is 49.3 Å². The highest BCUT2D eigenvalue weighted by Gasteiger charge is 2.32. The van der Waals surface area contributed by atoms with E-state index in [1.165, 1.54) is 6.42 Å². The largest absolute Gasteiger partial charge is 0.389 e. The van der Waals surface area contributed by atoms with E-state index in [0.29, 0.717) is 0 Å². The summed E-state index contributed by atoms with van der Waals surface area (Å²) in [5.41, 5.74) is 1.59. The second-order valence-electron chi connectivity index (χ2n) is 8.52. The number of aliphatic hydroxyl groups is 1. The van der Waals surface area contributed by atoms with E-state index in [4.69, 9.17) is 0 Å². The molecule has 1 saturated heterocycles. The van der Waals surface area contributed by atoms with Gasteiger partial charge in [-0.15, -0.1) is 0 Å². The Morgan fingerprint density at radius 2 is 1.61 bits per heavy atom. The molecular formula is C21H32N6O. The van der Waals surface area contributed by atoms with Crippen LogP contribution in [0.3, 0.4) is 0 Å². The molecule has 0 unspecified atom stereocenters. The SMILES string of the molecule is Cc1cc(C)n(-c2cc(N3CCN(CC4(O)CCCCC4)CC3)nc(C)n2)n1. The van der Waals surface area contributed by atoms with Crippen LogP contribution < -0.4 is 4.90 Å². The minimum absolute atomic E-state index is 0.478. The summed E-state index contributed by atoms with van der Waals surface area (Å²) in [5.74, 6) is 2.55. The predicted molar refractivity (Wildman–Crippen MR) is 110 cm³/mol. The van der Waals surface area contributed by atoms with Gasteiger partial charge in [-0.05, 0) is 39.7 Å². The topological polar surface area (TPSA) is 70.3 Å². The molecule has 1 N–H and O–H groups in total. The fraction of sp³-hybridized carbons (Fsp3) is 0.667. The molecule has 2 aliphatic rings. The van der Waals surface area contributed by atoms with Gasteiger partial charge < -0.3 is 10.0 Å². The van der Waals surface area contributed by atoms with Gasteiger partial charge in [0.2, 0.25) is 0 Å². The summed E-state index contributed by atoms with van der Waals surface area (Å²) in [5, 5.41) is 15.4. The van der Waals surface area contributed by atoms with Crippen molar-refractivity contribution >= 4 is 5.82 Å². The molecule has 0 amide bonds. The molecule has 1 aliphatic carbocycles. The van der Waals surface area contributed by atoms with Crippen LogP contribution in [0.25, 0.3) is 5.82 Å². The Morgan fingerprint density at radius 1 is 0.929 bits per heavy atom. The normalized spacial score (nSPS) is 20.5. The zero-order chi connectivity index (χ0) is 19.7. The van der Waals surface area contributed by atoms with Crippen molar-refractivity contribution in [2.75, 3.05) is 37.6 Å². The number of piperazine rings is 1. The molecule has 152 valence electrons. The number of β-amino-alcohol motifs (C(OH)–C–C–N with tert-alkyl or cyclic N) is 1. The number of nitrogens with zero attached hydrogens (tertiary/aromatic N) is 6. The van der Waals surface area contributed by atoms with E-state index in [1.807, 2.05) is 31.5 Å². The summed E-state index contributed by atoms with van der Waals surface area (Å²) < 4.78 is 1.89. The number of hydrogen-bond acceptors (Lipinski definition) is 6. The fourth-order valence-corrected chi connectivity index (χ4v) is 4.59. The van der Waals surface area contributed by atoms with Crippen LogP contribution in [-0.2, 0) is 0 Å². The number of aryl methyl sites for hydroxylation is 3. The Bertz CT molecular complexity index is 818. The molecule has 0 bridgehead atoms. The van der Waals surface area contributed by atoms with Gasteiger partial charge in [-0.2, -0.15) is 5.10 Å². The highest BCUT2D eigenvalue weighted by molar-refractivity contribution is 5.45. The molecule has 0 radical (unpaired) electrons. The van der Waals surface area contributed by atoms with Gasteiger partial charge in [0.15, 0.2) is 5.82 Å². The zero-order valence-corrected chi connectivity index (χ0v) is 17.4. The Morgan fingerprint density at radius 3 is 2.25 bits per heavy atom. The van der Waals surface area contributed by atoms with Crippen molar-refractivity contribution in [2.45, 2.75) is 58.5 Å². The molecule has 4 rings (SSSR count). The second-order valence-corrected chi connectivity index (χ2v) is 8.52. The van der Waals surface area contributed by atoms with Crippen molar-refractivity contribution in [3.8, 4) is 5.82 Å². The monoisotopic (exact) mass is 384 g/mol. The molecule has 2 aromatic rings. The summed E-state index contributed by atoms with van der Waals surface area (Å²) in [6, 6.07) is 4.10. The molecule has 3 heterocycles. The quantitative estimate of drug-likeness (QED) is 0.873. The van der Waals surface area contributed by atoms with Gasteiger partial charge in [0.05, 0.1) is 11.3 Å². The Hall–Kier alpha value is -1.99. The maximum atomic E-state index is 10.8. The van der Waals surface area contributed by atoms with E-state index in [9.17, 15) is 5.11 Å². The lowest BCUT2D eigenvalue weighted by atomic mass is 9.84. The van der Waals surface area contributed by atoms with Gasteiger partial charge in [0, 0.05) is 44.5 Å². The molecule has 7 heteroatoms. The molecule has 0 atom stereocenters. The molecule has 2 aromatic heterocycles. The standard InChI is InChI=1S/C21H32N6O/c1-16-13-17(2)27(24-16)20-14-19(22-18(3)23-20)26-11-9-25(10-12-26)15-21(28)7-5-4-6-8-21/h13-14,28H,4-12,15H2,1-3H3. The van der Waals surface area contributed by atoms with Gasteiger partial charge >= 0.3 is 0 Å². The van der Waals surface area contributed by atoms with E-state index >= 15 is 0 Å². The predicted octanol–water partition coefficient (Wildman–Crippen LogP) is 2.40.